The summed E-state index contributed by atoms with van der Waals surface area (Å²) in [6.45, 7) is 4.62. The number of amides is 1. The van der Waals surface area contributed by atoms with Crippen LogP contribution in [0.5, 0.6) is 17.2 Å². The summed E-state index contributed by atoms with van der Waals surface area (Å²) < 4.78 is 16.9. The molecule has 0 fully saturated rings. The number of hydrogen-bond donors (Lipinski definition) is 0. The highest BCUT2D eigenvalue weighted by atomic mass is 79.9. The first-order valence-corrected chi connectivity index (χ1v) is 9.24. The van der Waals surface area contributed by atoms with Gasteiger partial charge < -0.3 is 19.1 Å². The molecule has 0 N–H and O–H groups in total. The maximum absolute atomic E-state index is 12.6. The molecule has 0 aromatic heterocycles. The summed E-state index contributed by atoms with van der Waals surface area (Å²) in [7, 11) is 4.95. The highest BCUT2D eigenvalue weighted by Gasteiger charge is 2.15. The zero-order chi connectivity index (χ0) is 19.8. The van der Waals surface area contributed by atoms with Gasteiger partial charge in [0, 0.05) is 18.1 Å². The number of carbonyl (C=O) groups is 1. The highest BCUT2D eigenvalue weighted by molar-refractivity contribution is 9.10. The molecule has 0 bridgehead atoms. The van der Waals surface area contributed by atoms with E-state index >= 15 is 0 Å². The molecule has 0 aliphatic carbocycles. The molecule has 6 heteroatoms. The monoisotopic (exact) mass is 433 g/mol. The van der Waals surface area contributed by atoms with Gasteiger partial charge in [-0.1, -0.05) is 40.7 Å². The average molecular weight is 434 g/mol. The van der Waals surface area contributed by atoms with Crippen molar-refractivity contribution in [3.8, 4) is 17.2 Å². The fraction of sp³-hybridized carbons (Fsp3) is 0.286. The first-order valence-electron chi connectivity index (χ1n) is 8.45. The van der Waals surface area contributed by atoms with Gasteiger partial charge in [0.1, 0.15) is 12.4 Å². The van der Waals surface area contributed by atoms with E-state index in [4.69, 9.17) is 14.2 Å². The lowest BCUT2D eigenvalue weighted by Crippen LogP contribution is -2.27. The third-order valence-electron chi connectivity index (χ3n) is 4.03. The van der Waals surface area contributed by atoms with Gasteiger partial charge in [-0.05, 0) is 35.4 Å². The normalized spacial score (nSPS) is 10.2. The molecule has 0 atom stereocenters. The van der Waals surface area contributed by atoms with E-state index < -0.39 is 0 Å². The molecule has 0 aliphatic heterocycles. The zero-order valence-corrected chi connectivity index (χ0v) is 17.4. The summed E-state index contributed by atoms with van der Waals surface area (Å²) in [5.41, 5.74) is 1.88. The molecule has 0 heterocycles. The smallest absolute Gasteiger partial charge is 0.227 e. The van der Waals surface area contributed by atoms with Crippen molar-refractivity contribution in [2.45, 2.75) is 13.0 Å². The fourth-order valence-electron chi connectivity index (χ4n) is 2.54. The number of rotatable bonds is 9. The predicted molar refractivity (Wildman–Crippen MR) is 110 cm³/mol. The number of ether oxygens (including phenoxy) is 3. The van der Waals surface area contributed by atoms with Gasteiger partial charge in [0.15, 0.2) is 11.5 Å². The SMILES string of the molecule is C=CCOc1ccc(CN(C)C(=O)Cc2cc(OC)c(OC)cc2Br)cc1. The lowest BCUT2D eigenvalue weighted by molar-refractivity contribution is -0.129. The number of nitrogens with zero attached hydrogens (tertiary/aromatic N) is 1. The van der Waals surface area contributed by atoms with E-state index in [2.05, 4.69) is 22.5 Å². The second-order valence-electron chi connectivity index (χ2n) is 5.97. The molecule has 5 nitrogen and oxygen atoms in total. The molecule has 0 saturated carbocycles. The molecule has 2 rings (SSSR count). The van der Waals surface area contributed by atoms with Gasteiger partial charge in [-0.3, -0.25) is 4.79 Å². The summed E-state index contributed by atoms with van der Waals surface area (Å²) in [6.07, 6.45) is 1.96. The third kappa shape index (κ3) is 5.76. The number of hydrogen-bond acceptors (Lipinski definition) is 4. The second-order valence-corrected chi connectivity index (χ2v) is 6.82. The minimum atomic E-state index is 0.00917. The van der Waals surface area contributed by atoms with Crippen LogP contribution in [-0.4, -0.2) is 38.7 Å². The summed E-state index contributed by atoms with van der Waals surface area (Å²) in [4.78, 5) is 14.3. The highest BCUT2D eigenvalue weighted by Crippen LogP contribution is 2.33. The lowest BCUT2D eigenvalue weighted by atomic mass is 10.1. The van der Waals surface area contributed by atoms with E-state index in [-0.39, 0.29) is 12.3 Å². The van der Waals surface area contributed by atoms with Crippen molar-refractivity contribution in [1.29, 1.82) is 0 Å². The molecule has 144 valence electrons. The summed E-state index contributed by atoms with van der Waals surface area (Å²) >= 11 is 3.50. The predicted octanol–water partition coefficient (Wildman–Crippen LogP) is 4.23. The molecule has 0 saturated heterocycles. The number of benzene rings is 2. The molecule has 0 radical (unpaired) electrons. The Labute approximate surface area is 168 Å². The van der Waals surface area contributed by atoms with Crippen LogP contribution in [0.4, 0.5) is 0 Å². The number of methoxy groups -OCH3 is 2. The first-order chi connectivity index (χ1) is 13.0. The van der Waals surface area contributed by atoms with Crippen LogP contribution in [0.25, 0.3) is 0 Å². The molecule has 1 amide bonds. The summed E-state index contributed by atoms with van der Waals surface area (Å²) in [5.74, 6) is 2.01. The molecule has 27 heavy (non-hydrogen) atoms. The molecule has 0 aliphatic rings. The summed E-state index contributed by atoms with van der Waals surface area (Å²) in [6, 6.07) is 11.3. The van der Waals surface area contributed by atoms with E-state index in [9.17, 15) is 4.79 Å². The minimum absolute atomic E-state index is 0.00917. The van der Waals surface area contributed by atoms with Crippen LogP contribution in [0.2, 0.25) is 0 Å². The Morgan fingerprint density at radius 3 is 2.37 bits per heavy atom. The standard InChI is InChI=1S/C21H24BrNO4/c1-5-10-27-17-8-6-15(7-9-17)14-23(2)21(24)12-16-11-19(25-3)20(26-4)13-18(16)22/h5-9,11,13H,1,10,12,14H2,2-4H3. The van der Waals surface area contributed by atoms with Crippen molar-refractivity contribution in [2.75, 3.05) is 27.9 Å². The average Bonchev–Trinajstić information content (AvgIpc) is 2.68. The fourth-order valence-corrected chi connectivity index (χ4v) is 3.00. The quantitative estimate of drug-likeness (QED) is 0.555. The number of carbonyl (C=O) groups excluding carboxylic acids is 1. The van der Waals surface area contributed by atoms with Crippen LogP contribution in [0.3, 0.4) is 0 Å². The van der Waals surface area contributed by atoms with Gasteiger partial charge in [-0.15, -0.1) is 0 Å². The molecule has 2 aromatic carbocycles. The van der Waals surface area contributed by atoms with Crippen molar-refractivity contribution >= 4 is 21.8 Å². The molecule has 0 unspecified atom stereocenters. The molecule has 0 spiro atoms. The maximum Gasteiger partial charge on any atom is 0.227 e. The van der Waals surface area contributed by atoms with E-state index in [0.29, 0.717) is 24.7 Å². The topological polar surface area (TPSA) is 48.0 Å². The molecule has 2 aromatic rings. The van der Waals surface area contributed by atoms with Crippen molar-refractivity contribution in [1.82, 2.24) is 4.90 Å². The Hall–Kier alpha value is -2.47. The Bertz CT molecular complexity index is 790. The van der Waals surface area contributed by atoms with Crippen molar-refractivity contribution in [3.63, 3.8) is 0 Å². The second kappa shape index (κ2) is 10.0. The van der Waals surface area contributed by atoms with Gasteiger partial charge in [-0.2, -0.15) is 0 Å². The maximum atomic E-state index is 12.6. The summed E-state index contributed by atoms with van der Waals surface area (Å²) in [5, 5.41) is 0. The Morgan fingerprint density at radius 1 is 1.15 bits per heavy atom. The van der Waals surface area contributed by atoms with Crippen molar-refractivity contribution < 1.29 is 19.0 Å². The lowest BCUT2D eigenvalue weighted by Gasteiger charge is -2.19. The van der Waals surface area contributed by atoms with Crippen LogP contribution in [0, 0.1) is 0 Å². The van der Waals surface area contributed by atoms with Crippen LogP contribution in [0.15, 0.2) is 53.5 Å². The van der Waals surface area contributed by atoms with E-state index in [1.165, 1.54) is 0 Å². The van der Waals surface area contributed by atoms with Crippen molar-refractivity contribution in [2.24, 2.45) is 0 Å². The van der Waals surface area contributed by atoms with E-state index in [0.717, 1.165) is 21.3 Å². The Balaban J connectivity index is 2.02. The number of likely N-dealkylation sites (N-methyl/N-ethyl adjacent to an activating group) is 1. The third-order valence-corrected chi connectivity index (χ3v) is 4.77. The zero-order valence-electron chi connectivity index (χ0n) is 15.8. The van der Waals surface area contributed by atoms with E-state index in [1.807, 2.05) is 36.4 Å². The molecular formula is C21H24BrNO4. The van der Waals surface area contributed by atoms with Gasteiger partial charge in [0.25, 0.3) is 0 Å². The van der Waals surface area contributed by atoms with Crippen LogP contribution >= 0.6 is 15.9 Å². The first kappa shape index (κ1) is 20.8. The van der Waals surface area contributed by atoms with Gasteiger partial charge >= 0.3 is 0 Å². The van der Waals surface area contributed by atoms with Crippen molar-refractivity contribution in [3.05, 3.63) is 64.7 Å². The van der Waals surface area contributed by atoms with Crippen LogP contribution in [0.1, 0.15) is 11.1 Å². The molecular weight excluding hydrogens is 410 g/mol. The number of halogens is 1. The van der Waals surface area contributed by atoms with Crippen LogP contribution in [-0.2, 0) is 17.8 Å². The largest absolute Gasteiger partial charge is 0.493 e. The van der Waals surface area contributed by atoms with Crippen LogP contribution < -0.4 is 14.2 Å². The minimum Gasteiger partial charge on any atom is -0.493 e. The Kier molecular flexibility index (Phi) is 7.73. The van der Waals surface area contributed by atoms with E-state index in [1.54, 1.807) is 32.2 Å². The van der Waals surface area contributed by atoms with Gasteiger partial charge in [0.2, 0.25) is 5.91 Å². The van der Waals surface area contributed by atoms with Gasteiger partial charge in [0.05, 0.1) is 20.6 Å². The van der Waals surface area contributed by atoms with Gasteiger partial charge in [-0.25, -0.2) is 0 Å². The Morgan fingerprint density at radius 2 is 1.78 bits per heavy atom.